The zero-order chi connectivity index (χ0) is 12.3. The van der Waals surface area contributed by atoms with Gasteiger partial charge in [0.2, 0.25) is 0 Å². The van der Waals surface area contributed by atoms with Gasteiger partial charge in [0.05, 0.1) is 32.6 Å². The molecule has 0 radical (unpaired) electrons. The van der Waals surface area contributed by atoms with Gasteiger partial charge >= 0.3 is 0 Å². The SMILES string of the molecule is COc1ccc(OC)c(Cn2cc(N)cn2)c1. The average Bonchev–Trinajstić information content (AvgIpc) is 2.74. The fraction of sp³-hybridized carbons (Fsp3) is 0.250. The van der Waals surface area contributed by atoms with E-state index in [0.717, 1.165) is 17.1 Å². The van der Waals surface area contributed by atoms with E-state index in [1.807, 2.05) is 18.2 Å². The van der Waals surface area contributed by atoms with Crippen molar-refractivity contribution in [3.63, 3.8) is 0 Å². The van der Waals surface area contributed by atoms with Crippen molar-refractivity contribution < 1.29 is 9.47 Å². The summed E-state index contributed by atoms with van der Waals surface area (Å²) in [6.07, 6.45) is 3.39. The van der Waals surface area contributed by atoms with Crippen molar-refractivity contribution in [3.05, 3.63) is 36.2 Å². The van der Waals surface area contributed by atoms with Gasteiger partial charge in [0.15, 0.2) is 0 Å². The topological polar surface area (TPSA) is 62.3 Å². The molecule has 1 aromatic heterocycles. The Balaban J connectivity index is 2.29. The molecule has 5 heteroatoms. The van der Waals surface area contributed by atoms with Crippen LogP contribution in [0, 0.1) is 0 Å². The van der Waals surface area contributed by atoms with Gasteiger partial charge in [-0.15, -0.1) is 0 Å². The van der Waals surface area contributed by atoms with E-state index in [2.05, 4.69) is 5.10 Å². The molecule has 0 fully saturated rings. The number of hydrogen-bond acceptors (Lipinski definition) is 4. The quantitative estimate of drug-likeness (QED) is 0.870. The lowest BCUT2D eigenvalue weighted by Gasteiger charge is -2.10. The Bertz CT molecular complexity index is 508. The molecule has 0 aliphatic rings. The summed E-state index contributed by atoms with van der Waals surface area (Å²) in [5.74, 6) is 1.60. The van der Waals surface area contributed by atoms with Crippen LogP contribution in [0.15, 0.2) is 30.6 Å². The van der Waals surface area contributed by atoms with Crippen LogP contribution in [0.3, 0.4) is 0 Å². The van der Waals surface area contributed by atoms with Crippen LogP contribution in [0.5, 0.6) is 11.5 Å². The minimum absolute atomic E-state index is 0.595. The summed E-state index contributed by atoms with van der Waals surface area (Å²) in [6.45, 7) is 0.595. The molecule has 0 atom stereocenters. The first-order valence-corrected chi connectivity index (χ1v) is 5.21. The monoisotopic (exact) mass is 233 g/mol. The van der Waals surface area contributed by atoms with E-state index in [4.69, 9.17) is 15.2 Å². The van der Waals surface area contributed by atoms with Crippen LogP contribution < -0.4 is 15.2 Å². The molecular weight excluding hydrogens is 218 g/mol. The summed E-state index contributed by atoms with van der Waals surface area (Å²) in [6, 6.07) is 5.66. The van der Waals surface area contributed by atoms with Crippen molar-refractivity contribution in [2.75, 3.05) is 20.0 Å². The fourth-order valence-electron chi connectivity index (χ4n) is 1.65. The van der Waals surface area contributed by atoms with E-state index in [1.165, 1.54) is 0 Å². The first-order valence-electron chi connectivity index (χ1n) is 5.21. The number of anilines is 1. The van der Waals surface area contributed by atoms with Gasteiger partial charge in [-0.05, 0) is 18.2 Å². The Morgan fingerprint density at radius 2 is 2.12 bits per heavy atom. The normalized spacial score (nSPS) is 10.2. The third-order valence-corrected chi connectivity index (χ3v) is 2.47. The Hall–Kier alpha value is -2.17. The van der Waals surface area contributed by atoms with Crippen molar-refractivity contribution in [1.29, 1.82) is 0 Å². The molecule has 2 aromatic rings. The second-order valence-electron chi connectivity index (χ2n) is 3.65. The van der Waals surface area contributed by atoms with Crippen molar-refractivity contribution in [2.24, 2.45) is 0 Å². The first-order chi connectivity index (χ1) is 8.22. The number of hydrogen-bond donors (Lipinski definition) is 1. The van der Waals surface area contributed by atoms with E-state index in [-0.39, 0.29) is 0 Å². The predicted molar refractivity (Wildman–Crippen MR) is 65.3 cm³/mol. The van der Waals surface area contributed by atoms with Crippen LogP contribution in [-0.4, -0.2) is 24.0 Å². The van der Waals surface area contributed by atoms with Gasteiger partial charge in [0.25, 0.3) is 0 Å². The van der Waals surface area contributed by atoms with Crippen molar-refractivity contribution in [3.8, 4) is 11.5 Å². The fourth-order valence-corrected chi connectivity index (χ4v) is 1.65. The largest absolute Gasteiger partial charge is 0.497 e. The van der Waals surface area contributed by atoms with Gasteiger partial charge in [0.1, 0.15) is 11.5 Å². The summed E-state index contributed by atoms with van der Waals surface area (Å²) >= 11 is 0. The van der Waals surface area contributed by atoms with Crippen molar-refractivity contribution >= 4 is 5.69 Å². The number of nitrogens with two attached hydrogens (primary N) is 1. The molecule has 0 saturated carbocycles. The van der Waals surface area contributed by atoms with E-state index in [9.17, 15) is 0 Å². The maximum atomic E-state index is 5.62. The van der Waals surface area contributed by atoms with Crippen molar-refractivity contribution in [2.45, 2.75) is 6.54 Å². The number of methoxy groups -OCH3 is 2. The predicted octanol–water partition coefficient (Wildman–Crippen LogP) is 1.53. The number of nitrogen functional groups attached to an aromatic ring is 1. The third kappa shape index (κ3) is 2.50. The summed E-state index contributed by atoms with van der Waals surface area (Å²) in [4.78, 5) is 0. The summed E-state index contributed by atoms with van der Waals surface area (Å²) in [5.41, 5.74) is 7.26. The number of rotatable bonds is 4. The number of aromatic nitrogens is 2. The number of ether oxygens (including phenoxy) is 2. The molecule has 0 amide bonds. The number of nitrogens with zero attached hydrogens (tertiary/aromatic N) is 2. The van der Waals surface area contributed by atoms with Gasteiger partial charge in [-0.2, -0.15) is 5.10 Å². The van der Waals surface area contributed by atoms with Gasteiger partial charge in [-0.25, -0.2) is 0 Å². The summed E-state index contributed by atoms with van der Waals surface area (Å²) in [7, 11) is 3.28. The zero-order valence-electron chi connectivity index (χ0n) is 9.88. The standard InChI is InChI=1S/C12H15N3O2/c1-16-11-3-4-12(17-2)9(5-11)7-15-8-10(13)6-14-15/h3-6,8H,7,13H2,1-2H3. The molecule has 0 aliphatic heterocycles. The van der Waals surface area contributed by atoms with Crippen LogP contribution in [0.4, 0.5) is 5.69 Å². The third-order valence-electron chi connectivity index (χ3n) is 2.47. The lowest BCUT2D eigenvalue weighted by molar-refractivity contribution is 0.397. The highest BCUT2D eigenvalue weighted by atomic mass is 16.5. The van der Waals surface area contributed by atoms with E-state index < -0.39 is 0 Å². The van der Waals surface area contributed by atoms with Crippen LogP contribution in [0.1, 0.15) is 5.56 Å². The molecule has 2 rings (SSSR count). The highest BCUT2D eigenvalue weighted by Crippen LogP contribution is 2.24. The van der Waals surface area contributed by atoms with Gasteiger partial charge in [-0.3, -0.25) is 4.68 Å². The Morgan fingerprint density at radius 1 is 1.29 bits per heavy atom. The molecule has 0 spiro atoms. The number of benzene rings is 1. The maximum Gasteiger partial charge on any atom is 0.124 e. The molecule has 0 aliphatic carbocycles. The summed E-state index contributed by atoms with van der Waals surface area (Å²) < 4.78 is 12.2. The first kappa shape index (κ1) is 11.3. The van der Waals surface area contributed by atoms with E-state index in [0.29, 0.717) is 12.2 Å². The van der Waals surface area contributed by atoms with Gasteiger partial charge in [0, 0.05) is 11.8 Å². The van der Waals surface area contributed by atoms with E-state index in [1.54, 1.807) is 31.3 Å². The Labute approximate surface area is 99.8 Å². The van der Waals surface area contributed by atoms with Gasteiger partial charge in [-0.1, -0.05) is 0 Å². The van der Waals surface area contributed by atoms with Crippen molar-refractivity contribution in [1.82, 2.24) is 9.78 Å². The van der Waals surface area contributed by atoms with Crippen LogP contribution in [0.2, 0.25) is 0 Å². The minimum Gasteiger partial charge on any atom is -0.497 e. The molecule has 90 valence electrons. The van der Waals surface area contributed by atoms with Crippen LogP contribution >= 0.6 is 0 Å². The molecule has 5 nitrogen and oxygen atoms in total. The highest BCUT2D eigenvalue weighted by Gasteiger charge is 2.06. The molecule has 1 heterocycles. The smallest absolute Gasteiger partial charge is 0.124 e. The van der Waals surface area contributed by atoms with E-state index >= 15 is 0 Å². The molecule has 1 aromatic carbocycles. The summed E-state index contributed by atoms with van der Waals surface area (Å²) in [5, 5.41) is 4.14. The molecule has 0 unspecified atom stereocenters. The lowest BCUT2D eigenvalue weighted by Crippen LogP contribution is -2.02. The minimum atomic E-state index is 0.595. The lowest BCUT2D eigenvalue weighted by atomic mass is 10.2. The molecule has 17 heavy (non-hydrogen) atoms. The molecule has 0 saturated heterocycles. The highest BCUT2D eigenvalue weighted by molar-refractivity contribution is 5.40. The molecule has 0 bridgehead atoms. The zero-order valence-corrected chi connectivity index (χ0v) is 9.88. The molecular formula is C12H15N3O2. The Morgan fingerprint density at radius 3 is 2.71 bits per heavy atom. The Kier molecular flexibility index (Phi) is 3.18. The van der Waals surface area contributed by atoms with Crippen LogP contribution in [-0.2, 0) is 6.54 Å². The van der Waals surface area contributed by atoms with Gasteiger partial charge < -0.3 is 15.2 Å². The maximum absolute atomic E-state index is 5.62. The molecule has 2 N–H and O–H groups in total. The second-order valence-corrected chi connectivity index (χ2v) is 3.65. The second kappa shape index (κ2) is 4.78. The average molecular weight is 233 g/mol. The van der Waals surface area contributed by atoms with Crippen LogP contribution in [0.25, 0.3) is 0 Å².